The van der Waals surface area contributed by atoms with Gasteiger partial charge in [-0.3, -0.25) is 0 Å². The first-order chi connectivity index (χ1) is 20.1. The van der Waals surface area contributed by atoms with E-state index >= 15 is 8.78 Å². The smallest absolute Gasteiger partial charge is 0.170 e. The van der Waals surface area contributed by atoms with E-state index in [1.807, 2.05) is 11.4 Å². The van der Waals surface area contributed by atoms with Crippen LogP contribution in [0.5, 0.6) is 0 Å². The van der Waals surface area contributed by atoms with Crippen molar-refractivity contribution in [3.05, 3.63) is 46.2 Å². The Bertz CT molecular complexity index is 1300. The molecule has 1 atom stereocenters. The molecule has 0 saturated carbocycles. The topological polar surface area (TPSA) is 25.8 Å². The van der Waals surface area contributed by atoms with Crippen LogP contribution < -0.4 is 0 Å². The summed E-state index contributed by atoms with van der Waals surface area (Å²) in [5.41, 5.74) is 2.65. The molecule has 0 aliphatic heterocycles. The first-order valence-electron chi connectivity index (χ1n) is 15.9. The summed E-state index contributed by atoms with van der Waals surface area (Å²) in [7, 11) is 0. The maximum absolute atomic E-state index is 15.6. The fourth-order valence-corrected chi connectivity index (χ4v) is 8.18. The van der Waals surface area contributed by atoms with E-state index in [1.165, 1.54) is 131 Å². The maximum Gasteiger partial charge on any atom is 0.170 e. The van der Waals surface area contributed by atoms with Gasteiger partial charge < -0.3 is 0 Å². The maximum atomic E-state index is 15.6. The number of benzene rings is 1. The molecule has 3 heterocycles. The first-order valence-corrected chi connectivity index (χ1v) is 18.4. The lowest BCUT2D eigenvalue weighted by molar-refractivity contribution is 0.400. The van der Waals surface area contributed by atoms with E-state index in [0.717, 1.165) is 23.0 Å². The van der Waals surface area contributed by atoms with Crippen LogP contribution in [0, 0.1) is 17.6 Å². The SMILES string of the molecule is CCCCCCCCCCC(CCCCCCCC)Cc1csc(-c2c(F)c(F)c(-c3cccs3)c3nsnc23)c1. The van der Waals surface area contributed by atoms with Gasteiger partial charge in [0.1, 0.15) is 11.0 Å². The number of halogens is 2. The van der Waals surface area contributed by atoms with E-state index in [9.17, 15) is 0 Å². The van der Waals surface area contributed by atoms with Gasteiger partial charge in [0, 0.05) is 9.75 Å². The van der Waals surface area contributed by atoms with Crippen LogP contribution in [-0.2, 0) is 6.42 Å². The predicted octanol–water partition coefficient (Wildman–Crippen LogP) is 12.9. The molecule has 2 nitrogen and oxygen atoms in total. The first kappa shape index (κ1) is 32.2. The minimum atomic E-state index is -0.826. The molecule has 0 N–H and O–H groups in total. The lowest BCUT2D eigenvalue weighted by Gasteiger charge is -2.16. The van der Waals surface area contributed by atoms with Crippen molar-refractivity contribution in [3.63, 3.8) is 0 Å². The number of fused-ring (bicyclic) bond motifs is 1. The molecule has 1 unspecified atom stereocenters. The molecule has 1 aromatic carbocycles. The predicted molar refractivity (Wildman–Crippen MR) is 176 cm³/mol. The molecule has 0 fully saturated rings. The van der Waals surface area contributed by atoms with Crippen LogP contribution in [0.25, 0.3) is 31.9 Å². The molecule has 3 aromatic heterocycles. The van der Waals surface area contributed by atoms with Crippen LogP contribution >= 0.6 is 34.4 Å². The Hall–Kier alpha value is -1.70. The zero-order valence-electron chi connectivity index (χ0n) is 24.9. The Morgan fingerprint density at radius 2 is 1.22 bits per heavy atom. The van der Waals surface area contributed by atoms with Gasteiger partial charge in [-0.2, -0.15) is 8.75 Å². The highest BCUT2D eigenvalue weighted by molar-refractivity contribution is 7.14. The quantitative estimate of drug-likeness (QED) is 0.0923. The van der Waals surface area contributed by atoms with Gasteiger partial charge in [-0.25, -0.2) is 8.78 Å². The summed E-state index contributed by atoms with van der Waals surface area (Å²) in [5, 5.41) is 4.01. The number of unbranched alkanes of at least 4 members (excludes halogenated alkanes) is 12. The molecule has 41 heavy (non-hydrogen) atoms. The molecule has 0 aliphatic rings. The number of hydrogen-bond acceptors (Lipinski definition) is 5. The van der Waals surface area contributed by atoms with Gasteiger partial charge in [-0.05, 0) is 40.8 Å². The van der Waals surface area contributed by atoms with Crippen molar-refractivity contribution in [3.8, 4) is 20.9 Å². The van der Waals surface area contributed by atoms with Crippen molar-refractivity contribution < 1.29 is 8.78 Å². The number of hydrogen-bond donors (Lipinski definition) is 0. The fourth-order valence-electron chi connectivity index (χ4n) is 5.89. The van der Waals surface area contributed by atoms with Gasteiger partial charge in [0.15, 0.2) is 11.6 Å². The zero-order chi connectivity index (χ0) is 28.9. The van der Waals surface area contributed by atoms with Gasteiger partial charge in [-0.15, -0.1) is 22.7 Å². The number of rotatable bonds is 20. The molecule has 7 heteroatoms. The van der Waals surface area contributed by atoms with Crippen molar-refractivity contribution >= 4 is 45.4 Å². The highest BCUT2D eigenvalue weighted by atomic mass is 32.1. The third kappa shape index (κ3) is 9.14. The van der Waals surface area contributed by atoms with Crippen LogP contribution in [0.1, 0.15) is 122 Å². The van der Waals surface area contributed by atoms with Gasteiger partial charge >= 0.3 is 0 Å². The Labute approximate surface area is 257 Å². The summed E-state index contributed by atoms with van der Waals surface area (Å²) in [6, 6.07) is 5.73. The molecule has 4 aromatic rings. The van der Waals surface area contributed by atoms with Crippen molar-refractivity contribution in [2.75, 3.05) is 0 Å². The second-order valence-corrected chi connectivity index (χ2v) is 13.9. The van der Waals surface area contributed by atoms with E-state index in [-0.39, 0.29) is 11.1 Å². The molecular formula is C34H46F2N2S3. The van der Waals surface area contributed by atoms with Crippen molar-refractivity contribution in [1.82, 2.24) is 8.75 Å². The lowest BCUT2D eigenvalue weighted by Crippen LogP contribution is -2.05. The minimum Gasteiger partial charge on any atom is -0.203 e. The molecule has 0 aliphatic carbocycles. The number of aromatic nitrogens is 2. The molecule has 0 amide bonds. The van der Waals surface area contributed by atoms with E-state index in [1.54, 1.807) is 6.07 Å². The van der Waals surface area contributed by atoms with E-state index < -0.39 is 11.6 Å². The van der Waals surface area contributed by atoms with Crippen LogP contribution in [-0.4, -0.2) is 8.75 Å². The number of thiophene rings is 2. The molecule has 0 spiro atoms. The van der Waals surface area contributed by atoms with Gasteiger partial charge in [0.05, 0.1) is 22.9 Å². The number of nitrogens with zero attached hydrogens (tertiary/aromatic N) is 2. The van der Waals surface area contributed by atoms with Crippen molar-refractivity contribution in [1.29, 1.82) is 0 Å². The molecule has 224 valence electrons. The van der Waals surface area contributed by atoms with E-state index in [0.29, 0.717) is 21.8 Å². The average Bonchev–Trinajstić information content (AvgIpc) is 3.76. The van der Waals surface area contributed by atoms with Crippen LogP contribution in [0.15, 0.2) is 29.0 Å². The second-order valence-electron chi connectivity index (χ2n) is 11.5. The standard InChI is InChI=1S/C34H46F2N2S3/c1-3-5-7-9-11-12-14-16-19-25(18-15-13-10-8-6-4-2)22-26-23-28(40-24-26)30-32(36)31(35)29(27-20-17-21-39-27)33-34(30)38-41-37-33/h17,20-21,23-25H,3-16,18-19,22H2,1-2H3. The Kier molecular flexibility index (Phi) is 13.7. The fraction of sp³-hybridized carbons (Fsp3) is 0.588. The molecule has 4 rings (SSSR count). The van der Waals surface area contributed by atoms with Gasteiger partial charge in [0.2, 0.25) is 0 Å². The van der Waals surface area contributed by atoms with Crippen molar-refractivity contribution in [2.45, 2.75) is 123 Å². The Balaban J connectivity index is 1.43. The second kappa shape index (κ2) is 17.4. The third-order valence-corrected chi connectivity index (χ3v) is 10.6. The summed E-state index contributed by atoms with van der Waals surface area (Å²) < 4.78 is 39.9. The highest BCUT2D eigenvalue weighted by Gasteiger charge is 2.26. The summed E-state index contributed by atoms with van der Waals surface area (Å²) in [4.78, 5) is 1.42. The zero-order valence-corrected chi connectivity index (χ0v) is 27.3. The van der Waals surface area contributed by atoms with Gasteiger partial charge in [-0.1, -0.05) is 123 Å². The molecule has 0 radical (unpaired) electrons. The highest BCUT2D eigenvalue weighted by Crippen LogP contribution is 2.42. The van der Waals surface area contributed by atoms with Gasteiger partial charge in [0.25, 0.3) is 0 Å². The van der Waals surface area contributed by atoms with E-state index in [4.69, 9.17) is 0 Å². The summed E-state index contributed by atoms with van der Waals surface area (Å²) in [6.07, 6.45) is 22.2. The Morgan fingerprint density at radius 1 is 0.683 bits per heavy atom. The average molecular weight is 617 g/mol. The summed E-state index contributed by atoms with van der Waals surface area (Å²) in [5.74, 6) is -0.995. The monoisotopic (exact) mass is 616 g/mol. The van der Waals surface area contributed by atoms with Crippen LogP contribution in [0.2, 0.25) is 0 Å². The largest absolute Gasteiger partial charge is 0.203 e. The third-order valence-electron chi connectivity index (χ3n) is 8.22. The summed E-state index contributed by atoms with van der Waals surface area (Å²) in [6.45, 7) is 4.54. The normalized spacial score (nSPS) is 12.5. The molecule has 0 saturated heterocycles. The summed E-state index contributed by atoms with van der Waals surface area (Å²) >= 11 is 3.91. The van der Waals surface area contributed by atoms with Crippen LogP contribution in [0.3, 0.4) is 0 Å². The Morgan fingerprint density at radius 3 is 1.76 bits per heavy atom. The minimum absolute atomic E-state index is 0.228. The molecule has 0 bridgehead atoms. The van der Waals surface area contributed by atoms with Crippen molar-refractivity contribution in [2.24, 2.45) is 5.92 Å². The van der Waals surface area contributed by atoms with E-state index in [2.05, 4.69) is 34.0 Å². The molecular weight excluding hydrogens is 571 g/mol. The van der Waals surface area contributed by atoms with Crippen LogP contribution in [0.4, 0.5) is 8.78 Å². The lowest BCUT2D eigenvalue weighted by atomic mass is 9.89.